The summed E-state index contributed by atoms with van der Waals surface area (Å²) in [5, 5.41) is 0. The summed E-state index contributed by atoms with van der Waals surface area (Å²) in [5.74, 6) is 3.71. The van der Waals surface area contributed by atoms with Crippen LogP contribution in [0.25, 0.3) is 0 Å². The average molecular weight is 210 g/mol. The summed E-state index contributed by atoms with van der Waals surface area (Å²) in [5.41, 5.74) is 0. The molecule has 2 aliphatic carbocycles. The van der Waals surface area contributed by atoms with E-state index >= 15 is 0 Å². The molecular weight excluding hydrogens is 184 g/mol. The van der Waals surface area contributed by atoms with Crippen molar-refractivity contribution < 1.29 is 4.74 Å². The van der Waals surface area contributed by atoms with Crippen LogP contribution in [0.1, 0.15) is 52.4 Å². The summed E-state index contributed by atoms with van der Waals surface area (Å²) < 4.78 is 5.68. The first-order valence-electron chi connectivity index (χ1n) is 6.80. The van der Waals surface area contributed by atoms with Gasteiger partial charge in [0.05, 0.1) is 6.10 Å². The van der Waals surface area contributed by atoms with Crippen LogP contribution in [0.3, 0.4) is 0 Å². The first-order chi connectivity index (χ1) is 7.27. The second-order valence-electron chi connectivity index (χ2n) is 5.65. The van der Waals surface area contributed by atoms with E-state index in [1.165, 1.54) is 38.5 Å². The zero-order chi connectivity index (χ0) is 10.8. The van der Waals surface area contributed by atoms with Gasteiger partial charge in [-0.15, -0.1) is 0 Å². The molecule has 0 N–H and O–H groups in total. The van der Waals surface area contributed by atoms with Gasteiger partial charge in [0.15, 0.2) is 0 Å². The molecule has 0 bridgehead atoms. The van der Waals surface area contributed by atoms with Crippen LogP contribution in [-0.4, -0.2) is 13.2 Å². The van der Waals surface area contributed by atoms with E-state index < -0.39 is 0 Å². The molecule has 0 heterocycles. The Hall–Kier alpha value is -0.0400. The highest BCUT2D eigenvalue weighted by Gasteiger charge is 2.42. The highest BCUT2D eigenvalue weighted by molar-refractivity contribution is 4.92. The summed E-state index contributed by atoms with van der Waals surface area (Å²) >= 11 is 0. The van der Waals surface area contributed by atoms with Crippen LogP contribution in [0.2, 0.25) is 0 Å². The smallest absolute Gasteiger partial charge is 0.0602 e. The molecule has 88 valence electrons. The monoisotopic (exact) mass is 210 g/mol. The Labute approximate surface area is 94.6 Å². The van der Waals surface area contributed by atoms with Gasteiger partial charge in [-0.2, -0.15) is 0 Å². The van der Waals surface area contributed by atoms with Gasteiger partial charge in [-0.3, -0.25) is 0 Å². The second-order valence-corrected chi connectivity index (χ2v) is 5.65. The standard InChI is InChI=1S/C14H26O/c1-4-11-9-14(15-3)10(2)12-7-5-6-8-13(11)12/h10-14H,4-9H2,1-3H3. The predicted octanol–water partition coefficient (Wildman–Crippen LogP) is 3.87. The van der Waals surface area contributed by atoms with Crippen LogP contribution in [-0.2, 0) is 4.74 Å². The summed E-state index contributed by atoms with van der Waals surface area (Å²) in [6.45, 7) is 4.78. The van der Waals surface area contributed by atoms with Crippen molar-refractivity contribution in [1.29, 1.82) is 0 Å². The summed E-state index contributed by atoms with van der Waals surface area (Å²) in [6, 6.07) is 0. The summed E-state index contributed by atoms with van der Waals surface area (Å²) in [4.78, 5) is 0. The maximum atomic E-state index is 5.68. The Morgan fingerprint density at radius 2 is 1.80 bits per heavy atom. The molecule has 5 atom stereocenters. The van der Waals surface area contributed by atoms with E-state index in [0.29, 0.717) is 6.10 Å². The van der Waals surface area contributed by atoms with Crippen LogP contribution in [0, 0.1) is 23.7 Å². The number of methoxy groups -OCH3 is 1. The van der Waals surface area contributed by atoms with Crippen molar-refractivity contribution in [1.82, 2.24) is 0 Å². The maximum Gasteiger partial charge on any atom is 0.0602 e. The number of hydrogen-bond donors (Lipinski definition) is 0. The third-order valence-electron chi connectivity index (χ3n) is 5.10. The lowest BCUT2D eigenvalue weighted by molar-refractivity contribution is -0.0629. The molecular formula is C14H26O. The lowest BCUT2D eigenvalue weighted by Crippen LogP contribution is -2.43. The van der Waals surface area contributed by atoms with Crippen molar-refractivity contribution in [3.05, 3.63) is 0 Å². The minimum atomic E-state index is 0.536. The zero-order valence-corrected chi connectivity index (χ0v) is 10.5. The van der Waals surface area contributed by atoms with Crippen LogP contribution >= 0.6 is 0 Å². The van der Waals surface area contributed by atoms with Crippen LogP contribution in [0.15, 0.2) is 0 Å². The van der Waals surface area contributed by atoms with Crippen molar-refractivity contribution in [2.24, 2.45) is 23.7 Å². The number of rotatable bonds is 2. The molecule has 1 nitrogen and oxygen atoms in total. The molecule has 0 aliphatic heterocycles. The van der Waals surface area contributed by atoms with Crippen molar-refractivity contribution in [2.45, 2.75) is 58.5 Å². The van der Waals surface area contributed by atoms with Gasteiger partial charge in [-0.25, -0.2) is 0 Å². The normalized spacial score (nSPS) is 46.2. The van der Waals surface area contributed by atoms with Gasteiger partial charge in [0.25, 0.3) is 0 Å². The number of ether oxygens (including phenoxy) is 1. The fraction of sp³-hybridized carbons (Fsp3) is 1.00. The summed E-state index contributed by atoms with van der Waals surface area (Å²) in [7, 11) is 1.90. The number of fused-ring (bicyclic) bond motifs is 1. The maximum absolute atomic E-state index is 5.68. The molecule has 2 saturated carbocycles. The molecule has 1 heteroatoms. The molecule has 0 saturated heterocycles. The number of hydrogen-bond acceptors (Lipinski definition) is 1. The Morgan fingerprint density at radius 1 is 1.13 bits per heavy atom. The van der Waals surface area contributed by atoms with E-state index in [9.17, 15) is 0 Å². The fourth-order valence-corrected chi connectivity index (χ4v) is 4.17. The van der Waals surface area contributed by atoms with Gasteiger partial charge in [0, 0.05) is 7.11 Å². The van der Waals surface area contributed by atoms with E-state index in [1.807, 2.05) is 7.11 Å². The Balaban J connectivity index is 2.10. The first-order valence-corrected chi connectivity index (χ1v) is 6.80. The third-order valence-corrected chi connectivity index (χ3v) is 5.10. The van der Waals surface area contributed by atoms with E-state index in [2.05, 4.69) is 13.8 Å². The van der Waals surface area contributed by atoms with Crippen LogP contribution < -0.4 is 0 Å². The second kappa shape index (κ2) is 4.86. The summed E-state index contributed by atoms with van der Waals surface area (Å²) in [6.07, 6.45) is 9.09. The molecule has 5 unspecified atom stereocenters. The van der Waals surface area contributed by atoms with Crippen molar-refractivity contribution in [2.75, 3.05) is 7.11 Å². The third kappa shape index (κ3) is 2.08. The molecule has 2 aliphatic rings. The SMILES string of the molecule is CCC1CC(OC)C(C)C2CCCCC12. The Kier molecular flexibility index (Phi) is 3.71. The quantitative estimate of drug-likeness (QED) is 0.672. The van der Waals surface area contributed by atoms with Crippen LogP contribution in [0.5, 0.6) is 0 Å². The van der Waals surface area contributed by atoms with Gasteiger partial charge >= 0.3 is 0 Å². The van der Waals surface area contributed by atoms with Gasteiger partial charge < -0.3 is 4.74 Å². The molecule has 0 amide bonds. The van der Waals surface area contributed by atoms with E-state index in [0.717, 1.165) is 23.7 Å². The predicted molar refractivity (Wildman–Crippen MR) is 63.8 cm³/mol. The molecule has 0 spiro atoms. The lowest BCUT2D eigenvalue weighted by atomic mass is 9.60. The molecule has 2 rings (SSSR count). The van der Waals surface area contributed by atoms with E-state index in [4.69, 9.17) is 4.74 Å². The van der Waals surface area contributed by atoms with Gasteiger partial charge in [0.1, 0.15) is 0 Å². The largest absolute Gasteiger partial charge is 0.381 e. The molecule has 0 radical (unpaired) electrons. The highest BCUT2D eigenvalue weighted by Crippen LogP contribution is 2.48. The fourth-order valence-electron chi connectivity index (χ4n) is 4.17. The zero-order valence-electron chi connectivity index (χ0n) is 10.5. The minimum Gasteiger partial charge on any atom is -0.381 e. The van der Waals surface area contributed by atoms with E-state index in [1.54, 1.807) is 0 Å². The Morgan fingerprint density at radius 3 is 2.40 bits per heavy atom. The average Bonchev–Trinajstić information content (AvgIpc) is 2.30. The van der Waals surface area contributed by atoms with Crippen molar-refractivity contribution in [3.8, 4) is 0 Å². The van der Waals surface area contributed by atoms with Crippen molar-refractivity contribution in [3.63, 3.8) is 0 Å². The van der Waals surface area contributed by atoms with Crippen LogP contribution in [0.4, 0.5) is 0 Å². The van der Waals surface area contributed by atoms with Crippen molar-refractivity contribution >= 4 is 0 Å². The Bertz CT molecular complexity index is 202. The molecule has 0 aromatic heterocycles. The molecule has 15 heavy (non-hydrogen) atoms. The molecule has 0 aromatic carbocycles. The van der Waals surface area contributed by atoms with Gasteiger partial charge in [-0.1, -0.05) is 33.1 Å². The topological polar surface area (TPSA) is 9.23 Å². The lowest BCUT2D eigenvalue weighted by Gasteiger charge is -2.48. The van der Waals surface area contributed by atoms with Gasteiger partial charge in [0.2, 0.25) is 0 Å². The molecule has 0 aromatic rings. The first kappa shape index (κ1) is 11.4. The molecule has 2 fully saturated rings. The highest BCUT2D eigenvalue weighted by atomic mass is 16.5. The van der Waals surface area contributed by atoms with E-state index in [-0.39, 0.29) is 0 Å². The minimum absolute atomic E-state index is 0.536. The van der Waals surface area contributed by atoms with Gasteiger partial charge in [-0.05, 0) is 42.9 Å².